The van der Waals surface area contributed by atoms with Gasteiger partial charge in [0.2, 0.25) is 0 Å². The van der Waals surface area contributed by atoms with Gasteiger partial charge in [-0.25, -0.2) is 0 Å². The summed E-state index contributed by atoms with van der Waals surface area (Å²) < 4.78 is 0. The Balaban J connectivity index is 0. The molecular formula is C11H27AlN. The summed E-state index contributed by atoms with van der Waals surface area (Å²) in [5.74, 6) is 4.42. The molecule has 0 bridgehead atoms. The zero-order valence-corrected chi connectivity index (χ0v) is 11.4. The summed E-state index contributed by atoms with van der Waals surface area (Å²) >= 11 is 0.750. The Bertz CT molecular complexity index is 72.5. The van der Waals surface area contributed by atoms with E-state index < -0.39 is 0 Å². The van der Waals surface area contributed by atoms with Gasteiger partial charge in [-0.15, -0.1) is 11.6 Å². The quantitative estimate of drug-likeness (QED) is 0.469. The molecule has 2 heteroatoms. The van der Waals surface area contributed by atoms with Crippen molar-refractivity contribution in [3.05, 3.63) is 0 Å². The molecule has 0 saturated heterocycles. The molecule has 0 aromatic heterocycles. The lowest BCUT2D eigenvalue weighted by Gasteiger charge is -2.16. The van der Waals surface area contributed by atoms with E-state index in [1.165, 1.54) is 38.9 Å². The van der Waals surface area contributed by atoms with E-state index in [0.717, 1.165) is 15.2 Å². The normalized spacial score (nSPS) is 9.38. The van der Waals surface area contributed by atoms with Crippen LogP contribution in [-0.4, -0.2) is 39.8 Å². The maximum Gasteiger partial charge on any atom is 0.191 e. The molecule has 0 aliphatic heterocycles. The molecule has 0 aromatic carbocycles. The summed E-state index contributed by atoms with van der Waals surface area (Å²) in [5, 5.41) is 0. The third-order valence-corrected chi connectivity index (χ3v) is 1.97. The Morgan fingerprint density at radius 2 is 1.38 bits per heavy atom. The fourth-order valence-corrected chi connectivity index (χ4v) is 1.13. The highest BCUT2D eigenvalue weighted by Crippen LogP contribution is 1.96. The minimum atomic E-state index is 0.750. The van der Waals surface area contributed by atoms with Crippen LogP contribution in [0.3, 0.4) is 0 Å². The number of hydrogen-bond acceptors (Lipinski definition) is 1. The molecule has 0 aliphatic rings. The third-order valence-electron chi connectivity index (χ3n) is 1.97. The van der Waals surface area contributed by atoms with Crippen LogP contribution in [0.5, 0.6) is 0 Å². The summed E-state index contributed by atoms with van der Waals surface area (Å²) in [6.45, 7) is 10.4. The van der Waals surface area contributed by atoms with Gasteiger partial charge in [0.05, 0.1) is 0 Å². The highest BCUT2D eigenvalue weighted by Gasteiger charge is 1.95. The second-order valence-electron chi connectivity index (χ2n) is 3.31. The molecule has 0 N–H and O–H groups in total. The Hall–Kier alpha value is 0.492. The molecule has 1 radical (unpaired) electrons. The molecule has 0 unspecified atom stereocenters. The van der Waals surface area contributed by atoms with Gasteiger partial charge in [0, 0.05) is 0 Å². The molecule has 0 aliphatic carbocycles. The van der Waals surface area contributed by atoms with Gasteiger partial charge in [0.1, 0.15) is 0 Å². The number of nitrogens with zero attached hydrogens (tertiary/aromatic N) is 1. The van der Waals surface area contributed by atoms with E-state index in [1.54, 1.807) is 0 Å². The summed E-state index contributed by atoms with van der Waals surface area (Å²) in [6, 6.07) is 0. The molecule has 1 nitrogen and oxygen atoms in total. The van der Waals surface area contributed by atoms with Gasteiger partial charge in [0.25, 0.3) is 0 Å². The van der Waals surface area contributed by atoms with Crippen molar-refractivity contribution in [2.45, 2.75) is 51.6 Å². The summed E-state index contributed by atoms with van der Waals surface area (Å²) in [6.07, 6.45) is 4.09. The first-order chi connectivity index (χ1) is 6.26. The van der Waals surface area contributed by atoms with Gasteiger partial charge in [-0.1, -0.05) is 33.6 Å². The zero-order chi connectivity index (χ0) is 10.5. The van der Waals surface area contributed by atoms with E-state index in [1.807, 2.05) is 0 Å². The average Bonchev–Trinajstić information content (AvgIpc) is 2.14. The lowest BCUT2D eigenvalue weighted by atomic mass is 10.2. The SMILES string of the molecule is CCCCCN(CC)CC.[CH3][Al][CH3]. The van der Waals surface area contributed by atoms with Crippen molar-refractivity contribution in [2.75, 3.05) is 19.6 Å². The third kappa shape index (κ3) is 15.3. The lowest BCUT2D eigenvalue weighted by Crippen LogP contribution is -2.23. The number of hydrogen-bond donors (Lipinski definition) is 0. The monoisotopic (exact) mass is 200 g/mol. The molecule has 0 aromatic rings. The largest absolute Gasteiger partial charge is 0.304 e. The predicted molar refractivity (Wildman–Crippen MR) is 64.8 cm³/mol. The maximum atomic E-state index is 2.48. The number of unbranched alkanes of at least 4 members (excludes halogenated alkanes) is 2. The Labute approximate surface area is 91.6 Å². The molecule has 0 heterocycles. The van der Waals surface area contributed by atoms with E-state index in [4.69, 9.17) is 0 Å². The highest BCUT2D eigenvalue weighted by molar-refractivity contribution is 6.31. The van der Waals surface area contributed by atoms with Crippen LogP contribution in [0, 0.1) is 0 Å². The van der Waals surface area contributed by atoms with Crippen molar-refractivity contribution in [3.8, 4) is 0 Å². The van der Waals surface area contributed by atoms with Gasteiger partial charge < -0.3 is 4.90 Å². The van der Waals surface area contributed by atoms with E-state index in [0.29, 0.717) is 0 Å². The fourth-order valence-electron chi connectivity index (χ4n) is 1.13. The van der Waals surface area contributed by atoms with E-state index in [2.05, 4.69) is 37.2 Å². The first-order valence-electron chi connectivity index (χ1n) is 5.72. The predicted octanol–water partition coefficient (Wildman–Crippen LogP) is 3.31. The minimum Gasteiger partial charge on any atom is -0.304 e. The van der Waals surface area contributed by atoms with Crippen LogP contribution in [0.15, 0.2) is 0 Å². The van der Waals surface area contributed by atoms with E-state index >= 15 is 0 Å². The summed E-state index contributed by atoms with van der Waals surface area (Å²) in [5.41, 5.74) is 0. The van der Waals surface area contributed by atoms with Gasteiger partial charge in [-0.05, 0) is 26.1 Å². The molecule has 79 valence electrons. The molecule has 0 amide bonds. The maximum absolute atomic E-state index is 2.48. The van der Waals surface area contributed by atoms with Crippen molar-refractivity contribution < 1.29 is 0 Å². The van der Waals surface area contributed by atoms with Crippen molar-refractivity contribution in [3.63, 3.8) is 0 Å². The molecule has 0 rings (SSSR count). The molecule has 0 atom stereocenters. The van der Waals surface area contributed by atoms with Crippen molar-refractivity contribution in [1.82, 2.24) is 4.90 Å². The van der Waals surface area contributed by atoms with Gasteiger partial charge in [-0.2, -0.15) is 0 Å². The zero-order valence-electron chi connectivity index (χ0n) is 10.3. The second-order valence-corrected chi connectivity index (χ2v) is 4.47. The van der Waals surface area contributed by atoms with Crippen molar-refractivity contribution in [1.29, 1.82) is 0 Å². The van der Waals surface area contributed by atoms with Crippen molar-refractivity contribution >= 4 is 15.2 Å². The summed E-state index contributed by atoms with van der Waals surface area (Å²) in [7, 11) is 0. The Morgan fingerprint density at radius 1 is 0.923 bits per heavy atom. The molecule has 0 saturated carbocycles. The van der Waals surface area contributed by atoms with Crippen LogP contribution in [0.25, 0.3) is 0 Å². The minimum absolute atomic E-state index is 0.750. The van der Waals surface area contributed by atoms with Gasteiger partial charge in [0.15, 0.2) is 15.2 Å². The first kappa shape index (κ1) is 15.9. The molecular weight excluding hydrogens is 173 g/mol. The van der Waals surface area contributed by atoms with Crippen LogP contribution in [-0.2, 0) is 0 Å². The molecule has 0 fully saturated rings. The van der Waals surface area contributed by atoms with Crippen LogP contribution in [0.2, 0.25) is 11.6 Å². The van der Waals surface area contributed by atoms with Crippen LogP contribution in [0.1, 0.15) is 40.0 Å². The highest BCUT2D eigenvalue weighted by atomic mass is 27.1. The second kappa shape index (κ2) is 15.0. The first-order valence-corrected chi connectivity index (χ1v) is 8.03. The summed E-state index contributed by atoms with van der Waals surface area (Å²) in [4.78, 5) is 2.48. The molecule has 0 spiro atoms. The van der Waals surface area contributed by atoms with Crippen LogP contribution < -0.4 is 0 Å². The van der Waals surface area contributed by atoms with E-state index in [-0.39, 0.29) is 0 Å². The molecule has 13 heavy (non-hydrogen) atoms. The average molecular weight is 200 g/mol. The Kier molecular flexibility index (Phi) is 18.4. The lowest BCUT2D eigenvalue weighted by molar-refractivity contribution is 0.296. The van der Waals surface area contributed by atoms with Crippen molar-refractivity contribution in [2.24, 2.45) is 0 Å². The van der Waals surface area contributed by atoms with Gasteiger partial charge in [-0.3, -0.25) is 0 Å². The van der Waals surface area contributed by atoms with Gasteiger partial charge >= 0.3 is 0 Å². The topological polar surface area (TPSA) is 3.24 Å². The smallest absolute Gasteiger partial charge is 0.191 e. The van der Waals surface area contributed by atoms with Crippen LogP contribution in [0.4, 0.5) is 0 Å². The standard InChI is InChI=1S/C9H21N.2CH3.Al/c1-4-7-8-9-10(5-2)6-3;;;/h4-9H2,1-3H3;2*1H3;. The fraction of sp³-hybridized carbons (Fsp3) is 1.00. The van der Waals surface area contributed by atoms with Crippen LogP contribution >= 0.6 is 0 Å². The Morgan fingerprint density at radius 3 is 1.69 bits per heavy atom. The van der Waals surface area contributed by atoms with E-state index in [9.17, 15) is 0 Å². The number of rotatable bonds is 6.